The van der Waals surface area contributed by atoms with Crippen LogP contribution in [0, 0.1) is 5.92 Å². The molecule has 0 spiro atoms. The number of hydrogen-bond acceptors (Lipinski definition) is 3. The van der Waals surface area contributed by atoms with Crippen LogP contribution < -0.4 is 0 Å². The maximum atomic E-state index is 11.3. The molecule has 0 unspecified atom stereocenters. The summed E-state index contributed by atoms with van der Waals surface area (Å²) in [5.74, 6) is -1.08. The van der Waals surface area contributed by atoms with Crippen molar-refractivity contribution in [2.24, 2.45) is 5.92 Å². The third kappa shape index (κ3) is 1.40. The van der Waals surface area contributed by atoms with Crippen LogP contribution in [0.4, 0.5) is 0 Å². The Morgan fingerprint density at radius 2 is 2.25 bits per heavy atom. The summed E-state index contributed by atoms with van der Waals surface area (Å²) in [5.41, 5.74) is 0. The first kappa shape index (κ1) is 8.97. The first-order valence-electron chi connectivity index (χ1n) is 4.05. The van der Waals surface area contributed by atoms with Crippen LogP contribution in [0.5, 0.6) is 0 Å². The van der Waals surface area contributed by atoms with Gasteiger partial charge in [0.1, 0.15) is 5.92 Å². The molecule has 0 saturated carbocycles. The van der Waals surface area contributed by atoms with E-state index in [-0.39, 0.29) is 5.78 Å². The van der Waals surface area contributed by atoms with E-state index in [0.717, 1.165) is 0 Å². The molecule has 1 aliphatic heterocycles. The van der Waals surface area contributed by atoms with Gasteiger partial charge in [-0.25, -0.2) is 0 Å². The summed E-state index contributed by atoms with van der Waals surface area (Å²) in [6.45, 7) is 5.31. The highest BCUT2D eigenvalue weighted by Crippen LogP contribution is 2.22. The molecule has 3 heteroatoms. The molecule has 1 aliphatic rings. The molecule has 0 radical (unpaired) electrons. The summed E-state index contributed by atoms with van der Waals surface area (Å²) in [7, 11) is 0. The average molecular weight is 168 g/mol. The van der Waals surface area contributed by atoms with E-state index in [1.165, 1.54) is 0 Å². The largest absolute Gasteiger partial charge is 0.454 e. The van der Waals surface area contributed by atoms with Gasteiger partial charge in [-0.3, -0.25) is 9.59 Å². The minimum absolute atomic E-state index is 0.0950. The van der Waals surface area contributed by atoms with Crippen molar-refractivity contribution in [1.82, 2.24) is 0 Å². The smallest absolute Gasteiger partial charge is 0.317 e. The van der Waals surface area contributed by atoms with E-state index in [2.05, 4.69) is 6.58 Å². The summed E-state index contributed by atoms with van der Waals surface area (Å²) in [4.78, 5) is 22.4. The monoisotopic (exact) mass is 168 g/mol. The molecule has 1 saturated heterocycles. The van der Waals surface area contributed by atoms with E-state index in [1.54, 1.807) is 6.08 Å². The van der Waals surface area contributed by atoms with Crippen molar-refractivity contribution in [2.45, 2.75) is 25.9 Å². The number of Topliss-reactive ketones (excluding diaryl/α,β-unsaturated/α-hetero) is 1. The van der Waals surface area contributed by atoms with Crippen molar-refractivity contribution in [1.29, 1.82) is 0 Å². The number of hydrogen-bond donors (Lipinski definition) is 0. The number of ketones is 1. The lowest BCUT2D eigenvalue weighted by Gasteiger charge is -2.01. The molecule has 0 aromatic rings. The fraction of sp³-hybridized carbons (Fsp3) is 0.556. The summed E-state index contributed by atoms with van der Waals surface area (Å²) >= 11 is 0. The summed E-state index contributed by atoms with van der Waals surface area (Å²) in [6.07, 6.45) is 2.02. The topological polar surface area (TPSA) is 43.4 Å². The minimum atomic E-state index is -0.590. The van der Waals surface area contributed by atoms with Crippen LogP contribution in [0.1, 0.15) is 19.8 Å². The summed E-state index contributed by atoms with van der Waals surface area (Å²) < 4.78 is 4.85. The quantitative estimate of drug-likeness (QED) is 0.360. The number of carbonyl (C=O) groups excluding carboxylic acids is 2. The highest BCUT2D eigenvalue weighted by Gasteiger charge is 2.41. The van der Waals surface area contributed by atoms with Gasteiger partial charge < -0.3 is 4.74 Å². The second kappa shape index (κ2) is 3.52. The van der Waals surface area contributed by atoms with Gasteiger partial charge in [-0.05, 0) is 12.8 Å². The van der Waals surface area contributed by atoms with E-state index >= 15 is 0 Å². The molecular weight excluding hydrogens is 156 g/mol. The molecule has 1 fully saturated rings. The average Bonchev–Trinajstić information content (AvgIpc) is 2.32. The molecule has 1 heterocycles. The van der Waals surface area contributed by atoms with Crippen molar-refractivity contribution in [3.05, 3.63) is 12.7 Å². The molecule has 0 bridgehead atoms. The first-order valence-corrected chi connectivity index (χ1v) is 4.05. The zero-order chi connectivity index (χ0) is 9.14. The standard InChI is InChI=1S/C9H12O3/c1-3-5-6-8(10)7(4-2)12-9(6)11/h3,6-7H,1,4-5H2,2H3/t6-,7-/m0/s1. The number of cyclic esters (lactones) is 1. The van der Waals surface area contributed by atoms with Gasteiger partial charge in [0.25, 0.3) is 0 Å². The predicted molar refractivity (Wildman–Crippen MR) is 43.5 cm³/mol. The minimum Gasteiger partial charge on any atom is -0.454 e. The maximum absolute atomic E-state index is 11.3. The Balaban J connectivity index is 2.70. The lowest BCUT2D eigenvalue weighted by Crippen LogP contribution is -2.19. The van der Waals surface area contributed by atoms with Gasteiger partial charge in [0.05, 0.1) is 0 Å². The Morgan fingerprint density at radius 3 is 2.67 bits per heavy atom. The molecule has 0 amide bonds. The van der Waals surface area contributed by atoms with Crippen LogP contribution in [-0.4, -0.2) is 17.9 Å². The normalized spacial score (nSPS) is 28.8. The molecular formula is C9H12O3. The lowest BCUT2D eigenvalue weighted by molar-refractivity contribution is -0.144. The molecule has 0 aromatic carbocycles. The molecule has 0 aromatic heterocycles. The number of carbonyl (C=O) groups is 2. The van der Waals surface area contributed by atoms with Gasteiger partial charge >= 0.3 is 5.97 Å². The van der Waals surface area contributed by atoms with E-state index in [1.807, 2.05) is 6.92 Å². The molecule has 12 heavy (non-hydrogen) atoms. The van der Waals surface area contributed by atoms with Crippen LogP contribution in [0.25, 0.3) is 0 Å². The Bertz CT molecular complexity index is 220. The van der Waals surface area contributed by atoms with Gasteiger partial charge in [0.15, 0.2) is 11.9 Å². The third-order valence-corrected chi connectivity index (χ3v) is 1.98. The van der Waals surface area contributed by atoms with Crippen molar-refractivity contribution in [3.63, 3.8) is 0 Å². The molecule has 0 N–H and O–H groups in total. The highest BCUT2D eigenvalue weighted by atomic mass is 16.6. The lowest BCUT2D eigenvalue weighted by atomic mass is 9.99. The second-order valence-electron chi connectivity index (χ2n) is 2.81. The summed E-state index contributed by atoms with van der Waals surface area (Å²) in [6, 6.07) is 0. The maximum Gasteiger partial charge on any atom is 0.317 e. The predicted octanol–water partition coefficient (Wildman–Crippen LogP) is 1.08. The Morgan fingerprint density at radius 1 is 1.58 bits per heavy atom. The van der Waals surface area contributed by atoms with E-state index in [4.69, 9.17) is 4.74 Å². The van der Waals surface area contributed by atoms with Crippen LogP contribution in [0.2, 0.25) is 0 Å². The molecule has 1 rings (SSSR count). The summed E-state index contributed by atoms with van der Waals surface area (Å²) in [5, 5.41) is 0. The second-order valence-corrected chi connectivity index (χ2v) is 2.81. The van der Waals surface area contributed by atoms with Crippen molar-refractivity contribution < 1.29 is 14.3 Å². The number of allylic oxidation sites excluding steroid dienone is 1. The fourth-order valence-corrected chi connectivity index (χ4v) is 1.28. The van der Waals surface area contributed by atoms with Gasteiger partial charge in [0.2, 0.25) is 0 Å². The Kier molecular flexibility index (Phi) is 2.63. The van der Waals surface area contributed by atoms with Gasteiger partial charge in [-0.1, -0.05) is 13.0 Å². The molecule has 0 aliphatic carbocycles. The zero-order valence-corrected chi connectivity index (χ0v) is 7.08. The van der Waals surface area contributed by atoms with Crippen molar-refractivity contribution >= 4 is 11.8 Å². The van der Waals surface area contributed by atoms with Crippen molar-refractivity contribution in [3.8, 4) is 0 Å². The number of ether oxygens (including phenoxy) is 1. The Hall–Kier alpha value is -1.12. The molecule has 2 atom stereocenters. The van der Waals surface area contributed by atoms with E-state index < -0.39 is 18.0 Å². The van der Waals surface area contributed by atoms with Crippen LogP contribution in [0.3, 0.4) is 0 Å². The zero-order valence-electron chi connectivity index (χ0n) is 7.08. The SMILES string of the molecule is C=CC[C@@H]1C(=O)O[C@@H](CC)C1=O. The van der Waals surface area contributed by atoms with Crippen molar-refractivity contribution in [2.75, 3.05) is 0 Å². The highest BCUT2D eigenvalue weighted by molar-refractivity contribution is 6.06. The third-order valence-electron chi connectivity index (χ3n) is 1.98. The first-order chi connectivity index (χ1) is 5.70. The van der Waals surface area contributed by atoms with E-state index in [0.29, 0.717) is 12.8 Å². The van der Waals surface area contributed by atoms with Gasteiger partial charge in [-0.15, -0.1) is 6.58 Å². The fourth-order valence-electron chi connectivity index (χ4n) is 1.28. The molecule has 3 nitrogen and oxygen atoms in total. The van der Waals surface area contributed by atoms with Gasteiger partial charge in [0, 0.05) is 0 Å². The van der Waals surface area contributed by atoms with E-state index in [9.17, 15) is 9.59 Å². The Labute approximate surface area is 71.4 Å². The molecule has 66 valence electrons. The van der Waals surface area contributed by atoms with Crippen LogP contribution in [0.15, 0.2) is 12.7 Å². The van der Waals surface area contributed by atoms with Crippen LogP contribution in [-0.2, 0) is 14.3 Å². The van der Waals surface area contributed by atoms with Crippen LogP contribution >= 0.6 is 0 Å². The number of rotatable bonds is 3. The number of esters is 1. The van der Waals surface area contributed by atoms with Gasteiger partial charge in [-0.2, -0.15) is 0 Å².